The third-order valence-electron chi connectivity index (χ3n) is 3.75. The van der Waals surface area contributed by atoms with E-state index in [4.69, 9.17) is 9.47 Å². The van der Waals surface area contributed by atoms with Gasteiger partial charge in [-0.05, 0) is 37.5 Å². The first-order valence-corrected chi connectivity index (χ1v) is 7.78. The van der Waals surface area contributed by atoms with Crippen LogP contribution in [0.1, 0.15) is 45.3 Å². The highest BCUT2D eigenvalue weighted by Gasteiger charge is 2.27. The Labute approximate surface area is 122 Å². The van der Waals surface area contributed by atoms with E-state index in [1.807, 2.05) is 19.1 Å². The zero-order valence-corrected chi connectivity index (χ0v) is 12.9. The van der Waals surface area contributed by atoms with Crippen LogP contribution >= 0.6 is 0 Å². The molecule has 3 nitrogen and oxygen atoms in total. The van der Waals surface area contributed by atoms with Crippen molar-refractivity contribution in [3.05, 3.63) is 29.8 Å². The summed E-state index contributed by atoms with van der Waals surface area (Å²) in [6, 6.07) is 8.90. The summed E-state index contributed by atoms with van der Waals surface area (Å²) in [5, 5.41) is 3.54. The van der Waals surface area contributed by atoms with E-state index in [0.717, 1.165) is 25.3 Å². The Hall–Kier alpha value is -1.06. The normalized spacial score (nSPS) is 23.0. The highest BCUT2D eigenvalue weighted by Crippen LogP contribution is 2.34. The minimum Gasteiger partial charge on any atom is -0.494 e. The molecule has 1 aliphatic heterocycles. The van der Waals surface area contributed by atoms with Crippen LogP contribution in [0, 0.1) is 5.92 Å². The molecule has 1 aromatic rings. The topological polar surface area (TPSA) is 30.5 Å². The molecule has 2 unspecified atom stereocenters. The quantitative estimate of drug-likeness (QED) is 0.862. The van der Waals surface area contributed by atoms with Crippen molar-refractivity contribution < 1.29 is 9.47 Å². The van der Waals surface area contributed by atoms with Gasteiger partial charge in [0.05, 0.1) is 12.7 Å². The Kier molecular flexibility index (Phi) is 5.86. The van der Waals surface area contributed by atoms with Crippen molar-refractivity contribution in [1.29, 1.82) is 0 Å². The lowest BCUT2D eigenvalue weighted by Crippen LogP contribution is -2.35. The van der Waals surface area contributed by atoms with Gasteiger partial charge in [-0.2, -0.15) is 0 Å². The predicted octanol–water partition coefficient (Wildman–Crippen LogP) is 3.55. The van der Waals surface area contributed by atoms with Crippen molar-refractivity contribution >= 4 is 0 Å². The zero-order valence-electron chi connectivity index (χ0n) is 12.9. The summed E-state index contributed by atoms with van der Waals surface area (Å²) in [5.74, 6) is 1.49. The van der Waals surface area contributed by atoms with Crippen LogP contribution in [0.15, 0.2) is 24.3 Å². The average Bonchev–Trinajstić information content (AvgIpc) is 2.47. The molecule has 20 heavy (non-hydrogen) atoms. The fourth-order valence-corrected chi connectivity index (χ4v) is 2.73. The minimum absolute atomic E-state index is 0.214. The van der Waals surface area contributed by atoms with E-state index < -0.39 is 0 Å². The van der Waals surface area contributed by atoms with E-state index in [1.165, 1.54) is 12.0 Å². The van der Waals surface area contributed by atoms with E-state index in [9.17, 15) is 0 Å². The van der Waals surface area contributed by atoms with Gasteiger partial charge in [-0.25, -0.2) is 0 Å². The molecule has 2 atom stereocenters. The van der Waals surface area contributed by atoms with Gasteiger partial charge < -0.3 is 14.8 Å². The number of hydrogen-bond acceptors (Lipinski definition) is 3. The number of ether oxygens (including phenoxy) is 2. The Morgan fingerprint density at radius 1 is 1.30 bits per heavy atom. The van der Waals surface area contributed by atoms with Crippen LogP contribution in [-0.2, 0) is 4.74 Å². The monoisotopic (exact) mass is 277 g/mol. The summed E-state index contributed by atoms with van der Waals surface area (Å²) in [7, 11) is 0. The van der Waals surface area contributed by atoms with E-state index in [1.54, 1.807) is 0 Å². The maximum absolute atomic E-state index is 6.03. The second-order valence-corrected chi connectivity index (χ2v) is 5.76. The largest absolute Gasteiger partial charge is 0.494 e. The fourth-order valence-electron chi connectivity index (χ4n) is 2.73. The van der Waals surface area contributed by atoms with E-state index in [0.29, 0.717) is 18.6 Å². The summed E-state index contributed by atoms with van der Waals surface area (Å²) in [4.78, 5) is 0. The van der Waals surface area contributed by atoms with Gasteiger partial charge >= 0.3 is 0 Å². The van der Waals surface area contributed by atoms with Crippen molar-refractivity contribution in [1.82, 2.24) is 5.32 Å². The molecule has 1 saturated heterocycles. The molecule has 0 spiro atoms. The molecule has 3 heteroatoms. The van der Waals surface area contributed by atoms with Crippen LogP contribution in [0.25, 0.3) is 0 Å². The molecule has 1 N–H and O–H groups in total. The van der Waals surface area contributed by atoms with E-state index in [-0.39, 0.29) is 6.10 Å². The molecule has 1 aromatic carbocycles. The number of benzene rings is 1. The van der Waals surface area contributed by atoms with Crippen molar-refractivity contribution in [2.45, 2.75) is 45.8 Å². The zero-order chi connectivity index (χ0) is 14.4. The molecule has 0 bridgehead atoms. The number of nitrogens with one attached hydrogen (secondary N) is 1. The Bertz CT molecular complexity index is 388. The number of hydrogen-bond donors (Lipinski definition) is 1. The molecule has 0 amide bonds. The molecule has 1 aliphatic rings. The molecule has 0 aromatic heterocycles. The van der Waals surface area contributed by atoms with Crippen LogP contribution in [-0.4, -0.2) is 25.8 Å². The first-order valence-electron chi connectivity index (χ1n) is 7.78. The van der Waals surface area contributed by atoms with Gasteiger partial charge in [0.1, 0.15) is 5.75 Å². The molecule has 1 heterocycles. The summed E-state index contributed by atoms with van der Waals surface area (Å²) in [6.07, 6.45) is 2.61. The maximum Gasteiger partial charge on any atom is 0.119 e. The smallest absolute Gasteiger partial charge is 0.119 e. The van der Waals surface area contributed by atoms with Gasteiger partial charge in [-0.3, -0.25) is 0 Å². The first kappa shape index (κ1) is 15.3. The van der Waals surface area contributed by atoms with Crippen molar-refractivity contribution in [2.24, 2.45) is 5.92 Å². The third kappa shape index (κ3) is 4.22. The SMILES string of the molecule is CCOc1ccc(C2OCCCC2CNC(C)C)cc1. The first-order chi connectivity index (χ1) is 9.70. The third-order valence-corrected chi connectivity index (χ3v) is 3.75. The summed E-state index contributed by atoms with van der Waals surface area (Å²) < 4.78 is 11.5. The molecule has 2 rings (SSSR count). The summed E-state index contributed by atoms with van der Waals surface area (Å²) in [6.45, 7) is 8.99. The van der Waals surface area contributed by atoms with Crippen molar-refractivity contribution in [2.75, 3.05) is 19.8 Å². The van der Waals surface area contributed by atoms with Gasteiger partial charge in [-0.15, -0.1) is 0 Å². The van der Waals surface area contributed by atoms with Gasteiger partial charge in [-0.1, -0.05) is 26.0 Å². The fraction of sp³-hybridized carbons (Fsp3) is 0.647. The van der Waals surface area contributed by atoms with Gasteiger partial charge in [0.15, 0.2) is 0 Å². The number of rotatable bonds is 6. The van der Waals surface area contributed by atoms with Crippen molar-refractivity contribution in [3.63, 3.8) is 0 Å². The second-order valence-electron chi connectivity index (χ2n) is 5.76. The maximum atomic E-state index is 6.03. The van der Waals surface area contributed by atoms with Crippen LogP contribution in [0.5, 0.6) is 5.75 Å². The Balaban J connectivity index is 2.02. The Morgan fingerprint density at radius 3 is 2.70 bits per heavy atom. The Morgan fingerprint density at radius 2 is 2.05 bits per heavy atom. The van der Waals surface area contributed by atoms with E-state index >= 15 is 0 Å². The lowest BCUT2D eigenvalue weighted by molar-refractivity contribution is -0.0282. The van der Waals surface area contributed by atoms with Gasteiger partial charge in [0.25, 0.3) is 0 Å². The second kappa shape index (κ2) is 7.65. The van der Waals surface area contributed by atoms with E-state index in [2.05, 4.69) is 31.3 Å². The molecule has 0 radical (unpaired) electrons. The predicted molar refractivity (Wildman–Crippen MR) is 82.2 cm³/mol. The van der Waals surface area contributed by atoms with Crippen LogP contribution in [0.4, 0.5) is 0 Å². The lowest BCUT2D eigenvalue weighted by Gasteiger charge is -2.33. The molecular formula is C17H27NO2. The summed E-state index contributed by atoms with van der Waals surface area (Å²) >= 11 is 0. The standard InChI is InChI=1S/C17H27NO2/c1-4-19-16-9-7-14(8-10-16)17-15(6-5-11-20-17)12-18-13(2)3/h7-10,13,15,17-18H,4-6,11-12H2,1-3H3. The minimum atomic E-state index is 0.214. The highest BCUT2D eigenvalue weighted by molar-refractivity contribution is 5.29. The molecule has 0 saturated carbocycles. The molecule has 112 valence electrons. The lowest BCUT2D eigenvalue weighted by atomic mass is 9.89. The average molecular weight is 277 g/mol. The summed E-state index contributed by atoms with van der Waals surface area (Å²) in [5.41, 5.74) is 1.27. The van der Waals surface area contributed by atoms with Gasteiger partial charge in [0.2, 0.25) is 0 Å². The van der Waals surface area contributed by atoms with Crippen LogP contribution in [0.2, 0.25) is 0 Å². The highest BCUT2D eigenvalue weighted by atomic mass is 16.5. The molecular weight excluding hydrogens is 250 g/mol. The van der Waals surface area contributed by atoms with Crippen LogP contribution in [0.3, 0.4) is 0 Å². The molecule has 1 fully saturated rings. The van der Waals surface area contributed by atoms with Crippen molar-refractivity contribution in [3.8, 4) is 5.75 Å². The molecule has 0 aliphatic carbocycles. The van der Waals surface area contributed by atoms with Gasteiger partial charge in [0, 0.05) is 25.1 Å². The van der Waals surface area contributed by atoms with Crippen LogP contribution < -0.4 is 10.1 Å².